The van der Waals surface area contributed by atoms with E-state index in [9.17, 15) is 9.90 Å². The van der Waals surface area contributed by atoms with Crippen molar-refractivity contribution in [3.8, 4) is 0 Å². The third-order valence-corrected chi connectivity index (χ3v) is 1.94. The smallest absolute Gasteiger partial charge is 0.223 e. The van der Waals surface area contributed by atoms with E-state index in [2.05, 4.69) is 5.32 Å². The van der Waals surface area contributed by atoms with Crippen LogP contribution >= 0.6 is 0 Å². The lowest BCUT2D eigenvalue weighted by Crippen LogP contribution is -2.41. The summed E-state index contributed by atoms with van der Waals surface area (Å²) in [7, 11) is 3.53. The summed E-state index contributed by atoms with van der Waals surface area (Å²) < 4.78 is 0. The predicted octanol–water partition coefficient (Wildman–Crippen LogP) is 0.0712. The second-order valence-corrected chi connectivity index (χ2v) is 4.52. The average molecular weight is 202 g/mol. The zero-order chi connectivity index (χ0) is 11.4. The third kappa shape index (κ3) is 5.94. The molecule has 0 aliphatic carbocycles. The van der Waals surface area contributed by atoms with Gasteiger partial charge in [0.25, 0.3) is 0 Å². The molecule has 1 unspecified atom stereocenters. The Morgan fingerprint density at radius 1 is 1.57 bits per heavy atom. The van der Waals surface area contributed by atoms with Crippen LogP contribution in [-0.2, 0) is 4.79 Å². The van der Waals surface area contributed by atoms with E-state index in [4.69, 9.17) is 0 Å². The molecule has 4 nitrogen and oxygen atoms in total. The first kappa shape index (κ1) is 13.4. The number of rotatable bonds is 5. The Kier molecular flexibility index (Phi) is 5.08. The van der Waals surface area contributed by atoms with Crippen LogP contribution in [0.15, 0.2) is 0 Å². The lowest BCUT2D eigenvalue weighted by atomic mass is 10.1. The van der Waals surface area contributed by atoms with Crippen molar-refractivity contribution >= 4 is 5.91 Å². The summed E-state index contributed by atoms with van der Waals surface area (Å²) in [5.74, 6) is -0.0139. The molecule has 1 amide bonds. The van der Waals surface area contributed by atoms with Crippen molar-refractivity contribution in [1.29, 1.82) is 0 Å². The van der Waals surface area contributed by atoms with Crippen LogP contribution in [-0.4, -0.2) is 48.7 Å². The van der Waals surface area contributed by atoms with E-state index in [1.807, 2.05) is 18.9 Å². The van der Waals surface area contributed by atoms with Crippen molar-refractivity contribution in [3.05, 3.63) is 0 Å². The molecule has 0 aromatic carbocycles. The number of aliphatic hydroxyl groups is 1. The van der Waals surface area contributed by atoms with Gasteiger partial charge >= 0.3 is 0 Å². The maximum Gasteiger partial charge on any atom is 0.223 e. The highest BCUT2D eigenvalue weighted by Crippen LogP contribution is 2.05. The topological polar surface area (TPSA) is 52.6 Å². The van der Waals surface area contributed by atoms with Gasteiger partial charge in [-0.3, -0.25) is 4.79 Å². The standard InChI is InChI=1S/C10H22N2O2/c1-8(9(13)11-4)6-12(5)7-10(2,3)14/h8,14H,6-7H2,1-5H3,(H,11,13). The van der Waals surface area contributed by atoms with Crippen LogP contribution in [0.4, 0.5) is 0 Å². The number of carbonyl (C=O) groups is 1. The van der Waals surface area contributed by atoms with Crippen molar-refractivity contribution in [2.75, 3.05) is 27.2 Å². The third-order valence-electron chi connectivity index (χ3n) is 1.94. The zero-order valence-corrected chi connectivity index (χ0v) is 9.79. The molecule has 0 rings (SSSR count). The van der Waals surface area contributed by atoms with Crippen molar-refractivity contribution in [3.63, 3.8) is 0 Å². The highest BCUT2D eigenvalue weighted by molar-refractivity contribution is 5.78. The molecule has 0 saturated carbocycles. The monoisotopic (exact) mass is 202 g/mol. The Labute approximate surface area is 86.3 Å². The minimum absolute atomic E-state index is 0.0348. The van der Waals surface area contributed by atoms with Crippen LogP contribution in [0.2, 0.25) is 0 Å². The highest BCUT2D eigenvalue weighted by Gasteiger charge is 2.19. The summed E-state index contributed by atoms with van der Waals surface area (Å²) >= 11 is 0. The second-order valence-electron chi connectivity index (χ2n) is 4.52. The molecule has 1 atom stereocenters. The Morgan fingerprint density at radius 2 is 2.07 bits per heavy atom. The predicted molar refractivity (Wildman–Crippen MR) is 57.0 cm³/mol. The van der Waals surface area contributed by atoms with Gasteiger partial charge in [-0.2, -0.15) is 0 Å². The van der Waals surface area contributed by atoms with Gasteiger partial charge in [-0.1, -0.05) is 6.92 Å². The Balaban J connectivity index is 3.94. The molecule has 14 heavy (non-hydrogen) atoms. The fourth-order valence-electron chi connectivity index (χ4n) is 1.52. The van der Waals surface area contributed by atoms with E-state index in [1.165, 1.54) is 0 Å². The fraction of sp³-hybridized carbons (Fsp3) is 0.900. The minimum atomic E-state index is -0.711. The van der Waals surface area contributed by atoms with Gasteiger partial charge in [-0.25, -0.2) is 0 Å². The van der Waals surface area contributed by atoms with Crippen molar-refractivity contribution in [2.45, 2.75) is 26.4 Å². The van der Waals surface area contributed by atoms with Gasteiger partial charge in [0.2, 0.25) is 5.91 Å². The maximum absolute atomic E-state index is 11.2. The van der Waals surface area contributed by atoms with Crippen LogP contribution in [0, 0.1) is 5.92 Å². The summed E-state index contributed by atoms with van der Waals surface area (Å²) in [5, 5.41) is 12.2. The van der Waals surface area contributed by atoms with Crippen LogP contribution in [0.3, 0.4) is 0 Å². The number of nitrogens with one attached hydrogen (secondary N) is 1. The quantitative estimate of drug-likeness (QED) is 0.663. The molecular weight excluding hydrogens is 180 g/mol. The molecule has 0 heterocycles. The second kappa shape index (κ2) is 5.32. The van der Waals surface area contributed by atoms with Gasteiger partial charge in [0.15, 0.2) is 0 Å². The van der Waals surface area contributed by atoms with E-state index in [0.29, 0.717) is 13.1 Å². The number of amides is 1. The highest BCUT2D eigenvalue weighted by atomic mass is 16.3. The van der Waals surface area contributed by atoms with Gasteiger partial charge in [0, 0.05) is 26.1 Å². The van der Waals surface area contributed by atoms with Crippen molar-refractivity contribution < 1.29 is 9.90 Å². The molecule has 2 N–H and O–H groups in total. The van der Waals surface area contributed by atoms with E-state index in [-0.39, 0.29) is 11.8 Å². The molecule has 0 fully saturated rings. The normalized spacial score (nSPS) is 14.2. The molecule has 84 valence electrons. The number of likely N-dealkylation sites (N-methyl/N-ethyl adjacent to an activating group) is 1. The zero-order valence-electron chi connectivity index (χ0n) is 9.79. The maximum atomic E-state index is 11.2. The lowest BCUT2D eigenvalue weighted by Gasteiger charge is -2.27. The van der Waals surface area contributed by atoms with Gasteiger partial charge in [-0.05, 0) is 20.9 Å². The summed E-state index contributed by atoms with van der Waals surface area (Å²) in [6.07, 6.45) is 0. The largest absolute Gasteiger partial charge is 0.389 e. The van der Waals surface area contributed by atoms with E-state index >= 15 is 0 Å². The molecule has 0 aromatic heterocycles. The number of carbonyl (C=O) groups excluding carboxylic acids is 1. The molecule has 0 aliphatic heterocycles. The Hall–Kier alpha value is -0.610. The van der Waals surface area contributed by atoms with Crippen molar-refractivity contribution in [2.24, 2.45) is 5.92 Å². The van der Waals surface area contributed by atoms with E-state index in [0.717, 1.165) is 0 Å². The summed E-state index contributed by atoms with van der Waals surface area (Å²) in [4.78, 5) is 13.2. The molecule has 0 spiro atoms. The van der Waals surface area contributed by atoms with Gasteiger partial charge in [-0.15, -0.1) is 0 Å². The van der Waals surface area contributed by atoms with Gasteiger partial charge < -0.3 is 15.3 Å². The fourth-order valence-corrected chi connectivity index (χ4v) is 1.52. The van der Waals surface area contributed by atoms with Crippen LogP contribution in [0.1, 0.15) is 20.8 Å². The number of hydrogen-bond donors (Lipinski definition) is 2. The molecule has 4 heteroatoms. The average Bonchev–Trinajstić information content (AvgIpc) is 1.99. The summed E-state index contributed by atoms with van der Waals surface area (Å²) in [5.41, 5.74) is -0.711. The van der Waals surface area contributed by atoms with Crippen LogP contribution in [0.25, 0.3) is 0 Å². The Bertz CT molecular complexity index is 187. The first-order chi connectivity index (χ1) is 6.26. The minimum Gasteiger partial charge on any atom is -0.389 e. The first-order valence-electron chi connectivity index (χ1n) is 4.89. The first-order valence-corrected chi connectivity index (χ1v) is 4.89. The molecule has 0 radical (unpaired) electrons. The molecule has 0 bridgehead atoms. The van der Waals surface area contributed by atoms with Crippen LogP contribution < -0.4 is 5.32 Å². The van der Waals surface area contributed by atoms with Crippen LogP contribution in [0.5, 0.6) is 0 Å². The van der Waals surface area contributed by atoms with E-state index < -0.39 is 5.60 Å². The molecular formula is C10H22N2O2. The van der Waals surface area contributed by atoms with E-state index in [1.54, 1.807) is 20.9 Å². The summed E-state index contributed by atoms with van der Waals surface area (Å²) in [6, 6.07) is 0. The molecule has 0 saturated heterocycles. The Morgan fingerprint density at radius 3 is 2.43 bits per heavy atom. The summed E-state index contributed by atoms with van der Waals surface area (Å²) in [6.45, 7) is 6.61. The SMILES string of the molecule is CNC(=O)C(C)CN(C)CC(C)(C)O. The van der Waals surface area contributed by atoms with Crippen molar-refractivity contribution in [1.82, 2.24) is 10.2 Å². The van der Waals surface area contributed by atoms with Gasteiger partial charge in [0.05, 0.1) is 5.60 Å². The number of hydrogen-bond acceptors (Lipinski definition) is 3. The number of nitrogens with zero attached hydrogens (tertiary/aromatic N) is 1. The molecule has 0 aliphatic rings. The van der Waals surface area contributed by atoms with Gasteiger partial charge in [0.1, 0.15) is 0 Å². The lowest BCUT2D eigenvalue weighted by molar-refractivity contribution is -0.124. The molecule has 0 aromatic rings.